The Labute approximate surface area is 105 Å². The Balaban J connectivity index is 2.18. The molecule has 4 nitrogen and oxygen atoms in total. The SMILES string of the molecule is CN1C(=O)CC(=O)N(Cc2ccccc2)C1=S. The van der Waals surface area contributed by atoms with Gasteiger partial charge in [-0.25, -0.2) is 0 Å². The quantitative estimate of drug-likeness (QED) is 0.582. The van der Waals surface area contributed by atoms with Crippen molar-refractivity contribution in [3.63, 3.8) is 0 Å². The number of hydrogen-bond donors (Lipinski definition) is 0. The second kappa shape index (κ2) is 4.63. The van der Waals surface area contributed by atoms with E-state index in [0.717, 1.165) is 5.56 Å². The summed E-state index contributed by atoms with van der Waals surface area (Å²) in [5, 5.41) is 0.273. The highest BCUT2D eigenvalue weighted by molar-refractivity contribution is 7.80. The maximum absolute atomic E-state index is 11.8. The number of carbonyl (C=O) groups is 2. The van der Waals surface area contributed by atoms with Gasteiger partial charge in [-0.05, 0) is 17.8 Å². The summed E-state index contributed by atoms with van der Waals surface area (Å²) in [5.41, 5.74) is 0.992. The molecule has 1 aromatic rings. The van der Waals surface area contributed by atoms with E-state index in [9.17, 15) is 9.59 Å². The first kappa shape index (κ1) is 11.7. The molecule has 1 aliphatic heterocycles. The summed E-state index contributed by atoms with van der Waals surface area (Å²) < 4.78 is 0. The average Bonchev–Trinajstić information content (AvgIpc) is 2.33. The molecule has 1 heterocycles. The molecule has 0 aliphatic carbocycles. The maximum atomic E-state index is 11.8. The van der Waals surface area contributed by atoms with E-state index in [1.807, 2.05) is 30.3 Å². The van der Waals surface area contributed by atoms with Gasteiger partial charge in [0.25, 0.3) is 0 Å². The highest BCUT2D eigenvalue weighted by Gasteiger charge is 2.32. The molecule has 0 saturated carbocycles. The highest BCUT2D eigenvalue weighted by atomic mass is 32.1. The monoisotopic (exact) mass is 248 g/mol. The molecule has 88 valence electrons. The minimum Gasteiger partial charge on any atom is -0.292 e. The zero-order valence-corrected chi connectivity index (χ0v) is 10.2. The Morgan fingerprint density at radius 2 is 1.82 bits per heavy atom. The third kappa shape index (κ3) is 2.34. The van der Waals surface area contributed by atoms with Gasteiger partial charge in [0.05, 0.1) is 6.54 Å². The van der Waals surface area contributed by atoms with E-state index in [1.165, 1.54) is 9.80 Å². The first-order valence-electron chi connectivity index (χ1n) is 5.24. The summed E-state index contributed by atoms with van der Waals surface area (Å²) in [5.74, 6) is -0.480. The van der Waals surface area contributed by atoms with Gasteiger partial charge in [-0.15, -0.1) is 0 Å². The van der Waals surface area contributed by atoms with E-state index in [2.05, 4.69) is 0 Å². The highest BCUT2D eigenvalue weighted by Crippen LogP contribution is 2.14. The Morgan fingerprint density at radius 3 is 2.47 bits per heavy atom. The second-order valence-electron chi connectivity index (χ2n) is 3.88. The van der Waals surface area contributed by atoms with Crippen LogP contribution in [-0.2, 0) is 16.1 Å². The Kier molecular flexibility index (Phi) is 3.19. The molecule has 0 spiro atoms. The van der Waals surface area contributed by atoms with Crippen LogP contribution in [0.5, 0.6) is 0 Å². The largest absolute Gasteiger partial charge is 0.292 e. The lowest BCUT2D eigenvalue weighted by Gasteiger charge is -2.33. The van der Waals surface area contributed by atoms with E-state index in [4.69, 9.17) is 12.2 Å². The van der Waals surface area contributed by atoms with E-state index in [-0.39, 0.29) is 23.3 Å². The van der Waals surface area contributed by atoms with Crippen LogP contribution in [0, 0.1) is 0 Å². The van der Waals surface area contributed by atoms with Crippen LogP contribution in [-0.4, -0.2) is 33.8 Å². The van der Waals surface area contributed by atoms with Crippen molar-refractivity contribution < 1.29 is 9.59 Å². The number of nitrogens with zero attached hydrogens (tertiary/aromatic N) is 2. The fourth-order valence-corrected chi connectivity index (χ4v) is 1.93. The van der Waals surface area contributed by atoms with Crippen LogP contribution in [0.3, 0.4) is 0 Å². The predicted molar refractivity (Wildman–Crippen MR) is 67.0 cm³/mol. The molecule has 0 bridgehead atoms. The molecular formula is C12H12N2O2S. The number of amides is 2. The fraction of sp³-hybridized carbons (Fsp3) is 0.250. The lowest BCUT2D eigenvalue weighted by atomic mass is 10.2. The standard InChI is InChI=1S/C12H12N2O2S/c1-13-10(15)7-11(16)14(12(13)17)8-9-5-3-2-4-6-9/h2-6H,7-8H2,1H3. The molecule has 1 aromatic carbocycles. The molecule has 0 unspecified atom stereocenters. The van der Waals surface area contributed by atoms with Crippen LogP contribution in [0.25, 0.3) is 0 Å². The topological polar surface area (TPSA) is 40.6 Å². The molecule has 0 radical (unpaired) electrons. The minimum absolute atomic E-state index is 0.108. The summed E-state index contributed by atoms with van der Waals surface area (Å²) in [6.45, 7) is 0.413. The Morgan fingerprint density at radius 1 is 1.18 bits per heavy atom. The normalized spacial score (nSPS) is 16.6. The first-order valence-corrected chi connectivity index (χ1v) is 5.65. The minimum atomic E-state index is -0.246. The first-order chi connectivity index (χ1) is 8.09. The van der Waals surface area contributed by atoms with Gasteiger partial charge in [-0.3, -0.25) is 19.4 Å². The summed E-state index contributed by atoms with van der Waals surface area (Å²) in [6.07, 6.45) is -0.108. The molecule has 1 fully saturated rings. The van der Waals surface area contributed by atoms with Crippen molar-refractivity contribution in [2.24, 2.45) is 0 Å². The van der Waals surface area contributed by atoms with Crippen LogP contribution >= 0.6 is 12.2 Å². The van der Waals surface area contributed by atoms with Crippen molar-refractivity contribution in [3.05, 3.63) is 35.9 Å². The summed E-state index contributed by atoms with van der Waals surface area (Å²) in [6, 6.07) is 9.57. The van der Waals surface area contributed by atoms with Gasteiger partial charge < -0.3 is 0 Å². The van der Waals surface area contributed by atoms with Gasteiger partial charge in [0.15, 0.2) is 5.11 Å². The molecule has 1 saturated heterocycles. The van der Waals surface area contributed by atoms with Gasteiger partial charge in [0, 0.05) is 7.05 Å². The molecule has 5 heteroatoms. The smallest absolute Gasteiger partial charge is 0.238 e. The van der Waals surface area contributed by atoms with E-state index < -0.39 is 0 Å². The number of carbonyl (C=O) groups excluding carboxylic acids is 2. The molecule has 1 aliphatic rings. The summed E-state index contributed by atoms with van der Waals surface area (Å²) in [7, 11) is 1.59. The van der Waals surface area contributed by atoms with Crippen molar-refractivity contribution in [3.8, 4) is 0 Å². The lowest BCUT2D eigenvalue weighted by Crippen LogP contribution is -2.52. The molecule has 17 heavy (non-hydrogen) atoms. The van der Waals surface area contributed by atoms with Crippen LogP contribution in [0.15, 0.2) is 30.3 Å². The van der Waals surface area contributed by atoms with Gasteiger partial charge >= 0.3 is 0 Å². The van der Waals surface area contributed by atoms with Crippen molar-refractivity contribution in [1.82, 2.24) is 9.80 Å². The zero-order chi connectivity index (χ0) is 12.4. The van der Waals surface area contributed by atoms with Gasteiger partial charge in [0.1, 0.15) is 6.42 Å². The second-order valence-corrected chi connectivity index (χ2v) is 4.24. The molecule has 2 amide bonds. The Bertz CT molecular complexity index is 473. The Hall–Kier alpha value is -1.75. The van der Waals surface area contributed by atoms with Gasteiger partial charge in [0.2, 0.25) is 11.8 Å². The number of rotatable bonds is 2. The van der Waals surface area contributed by atoms with Crippen LogP contribution in [0.1, 0.15) is 12.0 Å². The number of hydrogen-bond acceptors (Lipinski definition) is 3. The summed E-state index contributed by atoms with van der Waals surface area (Å²) >= 11 is 5.11. The van der Waals surface area contributed by atoms with Crippen molar-refractivity contribution >= 4 is 29.1 Å². The van der Waals surface area contributed by atoms with Gasteiger partial charge in [-0.2, -0.15) is 0 Å². The number of thiocarbonyl (C=S) groups is 1. The zero-order valence-electron chi connectivity index (χ0n) is 9.42. The predicted octanol–water partition coefficient (Wildman–Crippen LogP) is 1.16. The maximum Gasteiger partial charge on any atom is 0.238 e. The lowest BCUT2D eigenvalue weighted by molar-refractivity contribution is -0.139. The average molecular weight is 248 g/mol. The van der Waals surface area contributed by atoms with Gasteiger partial charge in [-0.1, -0.05) is 30.3 Å². The van der Waals surface area contributed by atoms with E-state index >= 15 is 0 Å². The van der Waals surface area contributed by atoms with Crippen LogP contribution in [0.2, 0.25) is 0 Å². The van der Waals surface area contributed by atoms with E-state index in [1.54, 1.807) is 7.05 Å². The van der Waals surface area contributed by atoms with Crippen LogP contribution in [0.4, 0.5) is 0 Å². The third-order valence-electron chi connectivity index (χ3n) is 2.68. The van der Waals surface area contributed by atoms with Crippen molar-refractivity contribution in [1.29, 1.82) is 0 Å². The molecule has 0 N–H and O–H groups in total. The molecule has 2 rings (SSSR count). The number of benzene rings is 1. The molecule has 0 atom stereocenters. The van der Waals surface area contributed by atoms with Crippen molar-refractivity contribution in [2.45, 2.75) is 13.0 Å². The van der Waals surface area contributed by atoms with Crippen LogP contribution < -0.4 is 0 Å². The van der Waals surface area contributed by atoms with E-state index in [0.29, 0.717) is 6.54 Å². The molecular weight excluding hydrogens is 236 g/mol. The van der Waals surface area contributed by atoms with Crippen molar-refractivity contribution in [2.75, 3.05) is 7.05 Å². The molecule has 0 aromatic heterocycles. The fourth-order valence-electron chi connectivity index (χ4n) is 1.66. The third-order valence-corrected chi connectivity index (χ3v) is 3.17. The summed E-state index contributed by atoms with van der Waals surface area (Å²) in [4.78, 5) is 26.0.